The molecule has 1 unspecified atom stereocenters. The number of aromatic nitrogens is 2. The largest absolute Gasteiger partial charge is 0.490 e. The van der Waals surface area contributed by atoms with E-state index in [1.807, 2.05) is 32.0 Å². The third-order valence-electron chi connectivity index (χ3n) is 7.45. The topological polar surface area (TPSA) is 76.2 Å². The normalized spacial score (nSPS) is 21.4. The van der Waals surface area contributed by atoms with Crippen molar-refractivity contribution in [1.82, 2.24) is 15.5 Å². The summed E-state index contributed by atoms with van der Waals surface area (Å²) in [5, 5.41) is 10.4. The lowest BCUT2D eigenvalue weighted by Crippen LogP contribution is -2.39. The van der Waals surface area contributed by atoms with Gasteiger partial charge in [-0.25, -0.2) is 4.39 Å². The van der Waals surface area contributed by atoms with Crippen molar-refractivity contribution in [1.29, 1.82) is 0 Å². The average molecular weight is 492 g/mol. The first-order chi connectivity index (χ1) is 17.5. The molecule has 3 aromatic rings. The van der Waals surface area contributed by atoms with E-state index < -0.39 is 0 Å². The van der Waals surface area contributed by atoms with Gasteiger partial charge in [-0.3, -0.25) is 9.89 Å². The van der Waals surface area contributed by atoms with Crippen LogP contribution >= 0.6 is 0 Å². The Bertz CT molecular complexity index is 1200. The van der Waals surface area contributed by atoms with Crippen LogP contribution in [-0.2, 0) is 17.6 Å². The van der Waals surface area contributed by atoms with Gasteiger partial charge in [0.25, 0.3) is 0 Å². The van der Waals surface area contributed by atoms with E-state index in [2.05, 4.69) is 21.6 Å². The number of benzene rings is 2. The molecule has 190 valence electrons. The zero-order chi connectivity index (χ0) is 25.1. The van der Waals surface area contributed by atoms with Crippen molar-refractivity contribution in [3.63, 3.8) is 0 Å². The molecule has 1 aliphatic carbocycles. The number of ether oxygens (including phenoxy) is 2. The Morgan fingerprint density at radius 1 is 1.14 bits per heavy atom. The third-order valence-corrected chi connectivity index (χ3v) is 7.45. The summed E-state index contributed by atoms with van der Waals surface area (Å²) >= 11 is 0. The van der Waals surface area contributed by atoms with E-state index in [4.69, 9.17) is 9.47 Å². The van der Waals surface area contributed by atoms with Crippen LogP contribution in [0.4, 0.5) is 4.39 Å². The number of halogens is 1. The molecule has 2 N–H and O–H groups in total. The maximum Gasteiger partial charge on any atom is 0.220 e. The molecule has 1 amide bonds. The molecule has 6 nitrogen and oxygen atoms in total. The molecule has 1 aromatic heterocycles. The van der Waals surface area contributed by atoms with Gasteiger partial charge in [0.05, 0.1) is 11.8 Å². The Hall–Kier alpha value is -3.35. The fraction of sp³-hybridized carbons (Fsp3) is 0.448. The molecular formula is C29H34FN3O3. The number of carbonyl (C=O) groups excluding carboxylic acids is 1. The Morgan fingerprint density at radius 3 is 2.69 bits per heavy atom. The third kappa shape index (κ3) is 5.55. The smallest absolute Gasteiger partial charge is 0.220 e. The zero-order valence-electron chi connectivity index (χ0n) is 21.0. The molecule has 7 heteroatoms. The van der Waals surface area contributed by atoms with Gasteiger partial charge in [0.15, 0.2) is 0 Å². The van der Waals surface area contributed by atoms with Gasteiger partial charge in [-0.15, -0.1) is 0 Å². The molecule has 1 aliphatic heterocycles. The molecule has 2 aliphatic rings. The molecule has 0 spiro atoms. The van der Waals surface area contributed by atoms with Gasteiger partial charge in [-0.05, 0) is 94.2 Å². The first kappa shape index (κ1) is 24.3. The summed E-state index contributed by atoms with van der Waals surface area (Å²) in [5.41, 5.74) is 4.86. The number of hydrogen-bond donors (Lipinski definition) is 2. The van der Waals surface area contributed by atoms with Gasteiger partial charge in [0.1, 0.15) is 23.4 Å². The number of hydrogen-bond acceptors (Lipinski definition) is 4. The van der Waals surface area contributed by atoms with Crippen LogP contribution in [0.1, 0.15) is 72.7 Å². The predicted octanol–water partition coefficient (Wildman–Crippen LogP) is 5.67. The summed E-state index contributed by atoms with van der Waals surface area (Å²) in [6.45, 7) is 3.96. The molecule has 0 saturated heterocycles. The van der Waals surface area contributed by atoms with Gasteiger partial charge in [0.2, 0.25) is 5.91 Å². The van der Waals surface area contributed by atoms with Crippen molar-refractivity contribution in [2.24, 2.45) is 0 Å². The summed E-state index contributed by atoms with van der Waals surface area (Å²) in [6, 6.07) is 13.0. The van der Waals surface area contributed by atoms with Crippen LogP contribution in [0.2, 0.25) is 0 Å². The van der Waals surface area contributed by atoms with E-state index in [9.17, 15) is 9.18 Å². The molecule has 0 bridgehead atoms. The number of nitrogens with zero attached hydrogens (tertiary/aromatic N) is 1. The summed E-state index contributed by atoms with van der Waals surface area (Å²) < 4.78 is 26.6. The van der Waals surface area contributed by atoms with Gasteiger partial charge >= 0.3 is 0 Å². The second-order valence-corrected chi connectivity index (χ2v) is 10.0. The average Bonchev–Trinajstić information content (AvgIpc) is 3.21. The highest BCUT2D eigenvalue weighted by molar-refractivity contribution is 5.76. The van der Waals surface area contributed by atoms with Gasteiger partial charge in [0, 0.05) is 23.7 Å². The minimum Gasteiger partial charge on any atom is -0.490 e. The number of amides is 1. The second-order valence-electron chi connectivity index (χ2n) is 10.0. The van der Waals surface area contributed by atoms with Crippen LogP contribution in [-0.4, -0.2) is 28.3 Å². The molecule has 1 saturated carbocycles. The van der Waals surface area contributed by atoms with Crippen LogP contribution in [0.5, 0.6) is 11.5 Å². The van der Waals surface area contributed by atoms with Crippen LogP contribution < -0.4 is 14.8 Å². The standard InChI is InChI=1S/C29H34FN3O3/c1-18-24(19(2)33-32-18)13-16-29(34)31-21-8-10-22(11-9-21)35-23-12-15-27-20(17-23)7-14-28(36-27)25-5-3-4-6-26(25)30/h3-6,12,15,17,21-22,28H,7-11,13-14,16H2,1-2H3,(H,31,34)(H,32,33). The van der Waals surface area contributed by atoms with Crippen molar-refractivity contribution < 1.29 is 18.7 Å². The van der Waals surface area contributed by atoms with Crippen molar-refractivity contribution in [3.8, 4) is 11.5 Å². The molecule has 1 atom stereocenters. The van der Waals surface area contributed by atoms with Crippen LogP contribution in [0.25, 0.3) is 0 Å². The molecule has 5 rings (SSSR count). The highest BCUT2D eigenvalue weighted by Crippen LogP contribution is 2.38. The second kappa shape index (κ2) is 10.7. The Labute approximate surface area is 211 Å². The highest BCUT2D eigenvalue weighted by atomic mass is 19.1. The lowest BCUT2D eigenvalue weighted by Gasteiger charge is -2.30. The van der Waals surface area contributed by atoms with Crippen LogP contribution in [0.3, 0.4) is 0 Å². The number of H-pyrrole nitrogens is 1. The molecule has 2 heterocycles. The SMILES string of the molecule is Cc1n[nH]c(C)c1CCC(=O)NC1CCC(Oc2ccc3c(c2)CCC(c2ccccc2F)O3)CC1. The number of nitrogens with one attached hydrogen (secondary N) is 2. The van der Waals surface area contributed by atoms with E-state index in [0.29, 0.717) is 18.4 Å². The molecule has 2 aromatic carbocycles. The summed E-state index contributed by atoms with van der Waals surface area (Å²) in [7, 11) is 0. The molecular weight excluding hydrogens is 457 g/mol. The minimum absolute atomic E-state index is 0.0998. The Morgan fingerprint density at radius 2 is 1.94 bits per heavy atom. The van der Waals surface area contributed by atoms with Gasteiger partial charge in [-0.1, -0.05) is 18.2 Å². The number of carbonyl (C=O) groups is 1. The summed E-state index contributed by atoms with van der Waals surface area (Å²) in [4.78, 5) is 12.5. The predicted molar refractivity (Wildman–Crippen MR) is 136 cm³/mol. The summed E-state index contributed by atoms with van der Waals surface area (Å²) in [5.74, 6) is 1.53. The van der Waals surface area contributed by atoms with Crippen LogP contribution in [0, 0.1) is 19.7 Å². The van der Waals surface area contributed by atoms with E-state index in [1.165, 1.54) is 6.07 Å². The maximum absolute atomic E-state index is 14.2. The number of rotatable bonds is 7. The van der Waals surface area contributed by atoms with E-state index in [-0.39, 0.29) is 30.0 Å². The zero-order valence-corrected chi connectivity index (χ0v) is 21.0. The Kier molecular flexibility index (Phi) is 7.25. The quantitative estimate of drug-likeness (QED) is 0.446. The lowest BCUT2D eigenvalue weighted by molar-refractivity contribution is -0.122. The van der Waals surface area contributed by atoms with E-state index >= 15 is 0 Å². The fourth-order valence-corrected chi connectivity index (χ4v) is 5.39. The van der Waals surface area contributed by atoms with Crippen molar-refractivity contribution in [2.45, 2.75) is 83.5 Å². The monoisotopic (exact) mass is 491 g/mol. The van der Waals surface area contributed by atoms with Crippen molar-refractivity contribution in [2.75, 3.05) is 0 Å². The highest BCUT2D eigenvalue weighted by Gasteiger charge is 2.26. The first-order valence-corrected chi connectivity index (χ1v) is 13.0. The first-order valence-electron chi connectivity index (χ1n) is 13.0. The molecule has 1 fully saturated rings. The number of aromatic amines is 1. The summed E-state index contributed by atoms with van der Waals surface area (Å²) in [6.07, 6.45) is 6.28. The number of aryl methyl sites for hydroxylation is 3. The van der Waals surface area contributed by atoms with Crippen molar-refractivity contribution >= 4 is 5.91 Å². The molecule has 0 radical (unpaired) electrons. The van der Waals surface area contributed by atoms with Gasteiger partial charge < -0.3 is 14.8 Å². The Balaban J connectivity index is 1.08. The van der Waals surface area contributed by atoms with Crippen molar-refractivity contribution in [3.05, 3.63) is 76.4 Å². The van der Waals surface area contributed by atoms with Gasteiger partial charge in [-0.2, -0.15) is 5.10 Å². The fourth-order valence-electron chi connectivity index (χ4n) is 5.39. The number of fused-ring (bicyclic) bond motifs is 1. The van der Waals surface area contributed by atoms with E-state index in [1.54, 1.807) is 12.1 Å². The minimum atomic E-state index is -0.260. The van der Waals surface area contributed by atoms with E-state index in [0.717, 1.165) is 72.5 Å². The lowest BCUT2D eigenvalue weighted by atomic mass is 9.92. The molecule has 36 heavy (non-hydrogen) atoms. The van der Waals surface area contributed by atoms with Crippen LogP contribution in [0.15, 0.2) is 42.5 Å². The maximum atomic E-state index is 14.2.